The Morgan fingerprint density at radius 3 is 2.38 bits per heavy atom. The van der Waals surface area contributed by atoms with Gasteiger partial charge in [-0.3, -0.25) is 14.5 Å². The van der Waals surface area contributed by atoms with Gasteiger partial charge in [0.15, 0.2) is 5.78 Å². The van der Waals surface area contributed by atoms with Crippen molar-refractivity contribution in [1.82, 2.24) is 4.90 Å². The van der Waals surface area contributed by atoms with E-state index >= 15 is 0 Å². The zero-order valence-corrected chi connectivity index (χ0v) is 17.4. The Hall–Kier alpha value is -2.66. The predicted molar refractivity (Wildman–Crippen MR) is 118 cm³/mol. The van der Waals surface area contributed by atoms with Crippen LogP contribution in [0.3, 0.4) is 0 Å². The fraction of sp³-hybridized carbons (Fsp3) is 0.417. The van der Waals surface area contributed by atoms with Gasteiger partial charge in [-0.25, -0.2) is 0 Å². The zero-order chi connectivity index (χ0) is 20.6. The molecule has 3 rings (SSSR count). The topological polar surface area (TPSA) is 61.4 Å². The van der Waals surface area contributed by atoms with Gasteiger partial charge in [0, 0.05) is 29.5 Å². The van der Waals surface area contributed by atoms with Crippen LogP contribution in [0.5, 0.6) is 0 Å². The molecule has 5 nitrogen and oxygen atoms in total. The molecule has 29 heavy (non-hydrogen) atoms. The van der Waals surface area contributed by atoms with Crippen molar-refractivity contribution in [3.05, 3.63) is 59.7 Å². The van der Waals surface area contributed by atoms with Crippen molar-refractivity contribution >= 4 is 23.1 Å². The van der Waals surface area contributed by atoms with Gasteiger partial charge in [-0.05, 0) is 62.7 Å². The minimum atomic E-state index is -0.115. The second-order valence-corrected chi connectivity index (χ2v) is 7.90. The van der Waals surface area contributed by atoms with Crippen molar-refractivity contribution in [2.45, 2.75) is 51.6 Å². The molecule has 5 heteroatoms. The molecule has 1 aliphatic rings. The normalized spacial score (nSPS) is 14.6. The van der Waals surface area contributed by atoms with Gasteiger partial charge in [0.1, 0.15) is 0 Å². The fourth-order valence-electron chi connectivity index (χ4n) is 3.92. The van der Waals surface area contributed by atoms with Crippen molar-refractivity contribution < 1.29 is 9.59 Å². The Morgan fingerprint density at radius 2 is 1.69 bits per heavy atom. The van der Waals surface area contributed by atoms with Crippen molar-refractivity contribution in [2.75, 3.05) is 24.2 Å². The Morgan fingerprint density at radius 1 is 1.00 bits per heavy atom. The number of Topliss-reactive ketones (excluding diaryl/α,β-unsaturated/α-hetero) is 1. The Bertz CT molecular complexity index is 826. The van der Waals surface area contributed by atoms with Crippen LogP contribution in [0, 0.1) is 0 Å². The highest BCUT2D eigenvalue weighted by Crippen LogP contribution is 2.24. The zero-order valence-electron chi connectivity index (χ0n) is 17.4. The highest BCUT2D eigenvalue weighted by Gasteiger charge is 2.18. The van der Waals surface area contributed by atoms with Gasteiger partial charge < -0.3 is 10.6 Å². The number of benzene rings is 2. The molecule has 1 saturated carbocycles. The number of ketones is 1. The average Bonchev–Trinajstić information content (AvgIpc) is 2.74. The quantitative estimate of drug-likeness (QED) is 0.638. The van der Waals surface area contributed by atoms with Crippen molar-refractivity contribution in [1.29, 1.82) is 0 Å². The molecule has 0 unspecified atom stereocenters. The van der Waals surface area contributed by atoms with E-state index in [9.17, 15) is 9.59 Å². The third-order valence-electron chi connectivity index (χ3n) is 5.65. The van der Waals surface area contributed by atoms with Crippen LogP contribution in [0.15, 0.2) is 48.5 Å². The monoisotopic (exact) mass is 393 g/mol. The van der Waals surface area contributed by atoms with E-state index in [2.05, 4.69) is 28.6 Å². The number of carbonyl (C=O) groups excluding carboxylic acids is 2. The van der Waals surface area contributed by atoms with Crippen LogP contribution in [0.25, 0.3) is 0 Å². The number of hydrogen-bond acceptors (Lipinski definition) is 4. The lowest BCUT2D eigenvalue weighted by Gasteiger charge is -2.31. The average molecular weight is 394 g/mol. The number of amides is 1. The Kier molecular flexibility index (Phi) is 7.42. The van der Waals surface area contributed by atoms with Crippen LogP contribution in [-0.2, 0) is 11.3 Å². The Labute approximate surface area is 173 Å². The van der Waals surface area contributed by atoms with Crippen molar-refractivity contribution in [3.8, 4) is 0 Å². The summed E-state index contributed by atoms with van der Waals surface area (Å²) in [5.41, 5.74) is 3.53. The molecule has 0 radical (unpaired) electrons. The van der Waals surface area contributed by atoms with Gasteiger partial charge >= 0.3 is 0 Å². The molecule has 0 aliphatic heterocycles. The molecule has 2 N–H and O–H groups in total. The third-order valence-corrected chi connectivity index (χ3v) is 5.65. The van der Waals surface area contributed by atoms with E-state index < -0.39 is 0 Å². The molecular formula is C24H31N3O2. The van der Waals surface area contributed by atoms with Crippen molar-refractivity contribution in [2.24, 2.45) is 0 Å². The maximum Gasteiger partial charge on any atom is 0.243 e. The fourth-order valence-corrected chi connectivity index (χ4v) is 3.92. The highest BCUT2D eigenvalue weighted by atomic mass is 16.2. The summed E-state index contributed by atoms with van der Waals surface area (Å²) in [6, 6.07) is 15.8. The summed E-state index contributed by atoms with van der Waals surface area (Å²) in [6.45, 7) is 2.60. The lowest BCUT2D eigenvalue weighted by molar-refractivity contribution is -0.114. The number of nitrogens with zero attached hydrogens (tertiary/aromatic N) is 1. The lowest BCUT2D eigenvalue weighted by atomic mass is 9.94. The largest absolute Gasteiger partial charge is 0.376 e. The van der Waals surface area contributed by atoms with E-state index in [1.807, 2.05) is 18.2 Å². The second kappa shape index (κ2) is 10.2. The number of carbonyl (C=O) groups is 2. The minimum absolute atomic E-state index is 0.0133. The van der Waals surface area contributed by atoms with Gasteiger partial charge in [0.25, 0.3) is 0 Å². The van der Waals surface area contributed by atoms with Crippen LogP contribution >= 0.6 is 0 Å². The van der Waals surface area contributed by atoms with E-state index in [0.717, 1.165) is 12.2 Å². The van der Waals surface area contributed by atoms with E-state index in [0.29, 0.717) is 17.3 Å². The standard InChI is InChI=1S/C24H31N3O2/c1-18(28)19-12-14-21(15-13-19)26-24(29)16-25-23-11-7-6-8-20(23)17-27(2)22-9-4-3-5-10-22/h6-8,11-15,22,25H,3-5,9-10,16-17H2,1-2H3,(H,26,29). The maximum atomic E-state index is 12.3. The van der Waals surface area contributed by atoms with E-state index in [-0.39, 0.29) is 18.2 Å². The molecule has 154 valence electrons. The molecular weight excluding hydrogens is 362 g/mol. The molecule has 0 heterocycles. The van der Waals surface area contributed by atoms with E-state index in [1.165, 1.54) is 44.6 Å². The summed E-state index contributed by atoms with van der Waals surface area (Å²) in [7, 11) is 2.20. The van der Waals surface area contributed by atoms with Gasteiger partial charge in [-0.1, -0.05) is 37.5 Å². The number of para-hydroxylation sites is 1. The Balaban J connectivity index is 1.54. The molecule has 0 aromatic heterocycles. The molecule has 1 amide bonds. The molecule has 0 spiro atoms. The van der Waals surface area contributed by atoms with Crippen LogP contribution in [-0.4, -0.2) is 36.2 Å². The maximum absolute atomic E-state index is 12.3. The summed E-state index contributed by atoms with van der Waals surface area (Å²) in [5, 5.41) is 6.15. The molecule has 0 bridgehead atoms. The van der Waals surface area contributed by atoms with E-state index in [1.54, 1.807) is 24.3 Å². The summed E-state index contributed by atoms with van der Waals surface area (Å²) in [6.07, 6.45) is 6.55. The van der Waals surface area contributed by atoms with Crippen LogP contribution < -0.4 is 10.6 Å². The SMILES string of the molecule is CC(=O)c1ccc(NC(=O)CNc2ccccc2CN(C)C2CCCCC2)cc1. The number of nitrogens with one attached hydrogen (secondary N) is 2. The smallest absolute Gasteiger partial charge is 0.243 e. The minimum Gasteiger partial charge on any atom is -0.376 e. The molecule has 1 aliphatic carbocycles. The van der Waals surface area contributed by atoms with Gasteiger partial charge in [0.05, 0.1) is 6.54 Å². The van der Waals surface area contributed by atoms with E-state index in [4.69, 9.17) is 0 Å². The number of rotatable bonds is 8. The van der Waals surface area contributed by atoms with Crippen LogP contribution in [0.2, 0.25) is 0 Å². The van der Waals surface area contributed by atoms with Gasteiger partial charge in [-0.2, -0.15) is 0 Å². The molecule has 2 aromatic rings. The molecule has 0 atom stereocenters. The summed E-state index contributed by atoms with van der Waals surface area (Å²) < 4.78 is 0. The molecule has 0 saturated heterocycles. The number of anilines is 2. The van der Waals surface area contributed by atoms with Gasteiger partial charge in [0.2, 0.25) is 5.91 Å². The molecule has 2 aromatic carbocycles. The highest BCUT2D eigenvalue weighted by molar-refractivity contribution is 5.96. The first-order valence-corrected chi connectivity index (χ1v) is 10.5. The first-order valence-electron chi connectivity index (χ1n) is 10.5. The summed E-state index contributed by atoms with van der Waals surface area (Å²) >= 11 is 0. The predicted octanol–water partition coefficient (Wildman–Crippen LogP) is 4.70. The first-order chi connectivity index (χ1) is 14.0. The van der Waals surface area contributed by atoms with Gasteiger partial charge in [-0.15, -0.1) is 0 Å². The molecule has 1 fully saturated rings. The van der Waals surface area contributed by atoms with Crippen molar-refractivity contribution in [3.63, 3.8) is 0 Å². The first kappa shape index (κ1) is 21.1. The second-order valence-electron chi connectivity index (χ2n) is 7.90. The number of hydrogen-bond donors (Lipinski definition) is 2. The summed E-state index contributed by atoms with van der Waals surface area (Å²) in [5.74, 6) is -0.102. The van der Waals surface area contributed by atoms with Crippen LogP contribution in [0.4, 0.5) is 11.4 Å². The third kappa shape index (κ3) is 6.16. The van der Waals surface area contributed by atoms with Crippen LogP contribution in [0.1, 0.15) is 54.9 Å². The summed E-state index contributed by atoms with van der Waals surface area (Å²) in [4.78, 5) is 26.1. The lowest BCUT2D eigenvalue weighted by Crippen LogP contribution is -2.33.